The molecule has 0 saturated carbocycles. The maximum Gasteiger partial charge on any atom is 0.331 e. The topological polar surface area (TPSA) is 70.0 Å². The molecule has 3 rings (SSSR count). The van der Waals surface area contributed by atoms with Crippen molar-refractivity contribution in [1.82, 2.24) is 4.98 Å². The van der Waals surface area contributed by atoms with Crippen LogP contribution in [-0.2, 0) is 14.1 Å². The summed E-state index contributed by atoms with van der Waals surface area (Å²) in [5, 5.41) is 10.3. The van der Waals surface area contributed by atoms with Crippen LogP contribution in [-0.4, -0.2) is 42.0 Å². The van der Waals surface area contributed by atoms with Crippen LogP contribution in [0.25, 0.3) is 0 Å². The van der Waals surface area contributed by atoms with Crippen molar-refractivity contribution >= 4 is 12.9 Å². The van der Waals surface area contributed by atoms with Gasteiger partial charge in [0, 0.05) is 17.3 Å². The molecule has 0 bridgehead atoms. The number of hydrogen-bond donors (Lipinski definition) is 1. The highest BCUT2D eigenvalue weighted by atomic mass is 19.1. The fraction of sp³-hybridized carbons (Fsp3) is 0.476. The van der Waals surface area contributed by atoms with Crippen LogP contribution in [0.3, 0.4) is 0 Å². The first-order chi connectivity index (χ1) is 13.6. The summed E-state index contributed by atoms with van der Waals surface area (Å²) in [4.78, 5) is 4.24. The third kappa shape index (κ3) is 5.14. The van der Waals surface area contributed by atoms with E-state index in [0.717, 1.165) is 5.69 Å². The lowest BCUT2D eigenvalue weighted by molar-refractivity contribution is -0.0894. The van der Waals surface area contributed by atoms with Crippen LogP contribution < -0.4 is 10.2 Å². The van der Waals surface area contributed by atoms with E-state index in [1.807, 2.05) is 13.0 Å². The number of halogens is 1. The van der Waals surface area contributed by atoms with E-state index < -0.39 is 23.3 Å². The molecule has 1 fully saturated rings. The normalized spacial score (nSPS) is 15.6. The Morgan fingerprint density at radius 2 is 1.86 bits per heavy atom. The van der Waals surface area contributed by atoms with Crippen molar-refractivity contribution in [2.75, 3.05) is 13.2 Å². The Labute approximate surface area is 171 Å². The number of rotatable bonds is 7. The van der Waals surface area contributed by atoms with E-state index in [4.69, 9.17) is 18.9 Å². The molecule has 1 aromatic carbocycles. The van der Waals surface area contributed by atoms with Gasteiger partial charge in [-0.15, -0.1) is 0 Å². The fourth-order valence-electron chi connectivity index (χ4n) is 2.55. The van der Waals surface area contributed by atoms with Crippen LogP contribution in [0.5, 0.6) is 11.6 Å². The number of benzene rings is 1. The van der Waals surface area contributed by atoms with Gasteiger partial charge in [-0.05, 0) is 58.3 Å². The predicted octanol–water partition coefficient (Wildman–Crippen LogP) is 3.18. The number of pyridine rings is 1. The second kappa shape index (κ2) is 8.40. The number of hydrogen-bond acceptors (Lipinski definition) is 6. The average molecular weight is 402 g/mol. The molecular formula is C21H26BFNO5. The lowest BCUT2D eigenvalue weighted by Crippen LogP contribution is -2.49. The SMILES string of the molecule is Cc1cccc(Oc2cc(C3OCCO3)c([B]OC(C)(C)C(C)(C)O)cc2F)n1. The van der Waals surface area contributed by atoms with Gasteiger partial charge in [0.15, 0.2) is 17.9 Å². The predicted molar refractivity (Wildman–Crippen MR) is 107 cm³/mol. The minimum atomic E-state index is -1.11. The summed E-state index contributed by atoms with van der Waals surface area (Å²) in [7, 11) is 1.41. The molecule has 2 heterocycles. The van der Waals surface area contributed by atoms with E-state index in [1.54, 1.807) is 39.8 Å². The minimum absolute atomic E-state index is 0.0103. The van der Waals surface area contributed by atoms with Gasteiger partial charge in [-0.3, -0.25) is 0 Å². The van der Waals surface area contributed by atoms with Crippen molar-refractivity contribution < 1.29 is 28.4 Å². The van der Waals surface area contributed by atoms with Gasteiger partial charge in [-0.25, -0.2) is 9.37 Å². The zero-order chi connectivity index (χ0) is 21.2. The van der Waals surface area contributed by atoms with Crippen molar-refractivity contribution in [2.45, 2.75) is 52.1 Å². The van der Waals surface area contributed by atoms with Gasteiger partial charge in [-0.2, -0.15) is 0 Å². The molecule has 6 nitrogen and oxygen atoms in total. The van der Waals surface area contributed by atoms with Gasteiger partial charge >= 0.3 is 7.48 Å². The highest BCUT2D eigenvalue weighted by Crippen LogP contribution is 2.30. The molecule has 0 spiro atoms. The van der Waals surface area contributed by atoms with Crippen LogP contribution in [0.2, 0.25) is 0 Å². The molecular weight excluding hydrogens is 376 g/mol. The van der Waals surface area contributed by atoms with E-state index >= 15 is 0 Å². The summed E-state index contributed by atoms with van der Waals surface area (Å²) in [5.41, 5.74) is -0.242. The molecule has 1 aliphatic heterocycles. The van der Waals surface area contributed by atoms with Crippen molar-refractivity contribution in [1.29, 1.82) is 0 Å². The van der Waals surface area contributed by atoms with Crippen molar-refractivity contribution in [3.63, 3.8) is 0 Å². The second-order valence-electron chi connectivity index (χ2n) is 8.01. The zero-order valence-electron chi connectivity index (χ0n) is 17.4. The molecule has 1 aliphatic rings. The van der Waals surface area contributed by atoms with Gasteiger partial charge in [0.2, 0.25) is 5.88 Å². The van der Waals surface area contributed by atoms with Crippen molar-refractivity contribution in [3.8, 4) is 11.6 Å². The molecule has 2 aromatic rings. The van der Waals surface area contributed by atoms with Gasteiger partial charge in [0.05, 0.1) is 24.4 Å². The van der Waals surface area contributed by atoms with Crippen LogP contribution in [0.4, 0.5) is 4.39 Å². The Morgan fingerprint density at radius 1 is 1.17 bits per heavy atom. The molecule has 0 aliphatic carbocycles. The summed E-state index contributed by atoms with van der Waals surface area (Å²) in [5.74, 6) is -0.277. The molecule has 1 saturated heterocycles. The summed E-state index contributed by atoms with van der Waals surface area (Å²) in [6.45, 7) is 9.51. The minimum Gasteiger partial charge on any atom is -0.436 e. The lowest BCUT2D eigenvalue weighted by atomic mass is 9.80. The molecule has 1 N–H and O–H groups in total. The van der Waals surface area contributed by atoms with Gasteiger partial charge in [-0.1, -0.05) is 6.07 Å². The fourth-order valence-corrected chi connectivity index (χ4v) is 2.55. The smallest absolute Gasteiger partial charge is 0.331 e. The molecule has 0 atom stereocenters. The Bertz CT molecular complexity index is 863. The number of aromatic nitrogens is 1. The zero-order valence-corrected chi connectivity index (χ0v) is 17.4. The standard InChI is InChI=1S/C21H26BFNO5/c1-13-7-6-8-18(24-13)28-17-11-14(19-26-9-10-27-19)15(12-16(17)23)22-29-21(4,5)20(2,3)25/h6-8,11-12,19,25H,9-10H2,1-5H3. The Morgan fingerprint density at radius 3 is 2.48 bits per heavy atom. The molecule has 1 aromatic heterocycles. The largest absolute Gasteiger partial charge is 0.436 e. The molecule has 155 valence electrons. The maximum absolute atomic E-state index is 14.8. The average Bonchev–Trinajstić information content (AvgIpc) is 3.15. The summed E-state index contributed by atoms with van der Waals surface area (Å²) in [6, 6.07) is 8.10. The summed E-state index contributed by atoms with van der Waals surface area (Å²) < 4.78 is 37.5. The summed E-state index contributed by atoms with van der Waals surface area (Å²) in [6.07, 6.45) is -0.663. The Hall–Kier alpha value is -2.00. The maximum atomic E-state index is 14.8. The number of nitrogens with zero attached hydrogens (tertiary/aromatic N) is 1. The van der Waals surface area contributed by atoms with E-state index in [0.29, 0.717) is 30.1 Å². The Balaban J connectivity index is 1.90. The highest BCUT2D eigenvalue weighted by molar-refractivity contribution is 6.47. The van der Waals surface area contributed by atoms with Gasteiger partial charge in [0.25, 0.3) is 0 Å². The lowest BCUT2D eigenvalue weighted by Gasteiger charge is -2.37. The van der Waals surface area contributed by atoms with Gasteiger partial charge in [0.1, 0.15) is 0 Å². The second-order valence-corrected chi connectivity index (χ2v) is 8.01. The molecule has 1 radical (unpaired) electrons. The first kappa shape index (κ1) is 21.7. The van der Waals surface area contributed by atoms with Crippen LogP contribution >= 0.6 is 0 Å². The van der Waals surface area contributed by atoms with E-state index in [-0.39, 0.29) is 5.75 Å². The van der Waals surface area contributed by atoms with E-state index in [1.165, 1.54) is 19.6 Å². The molecule has 29 heavy (non-hydrogen) atoms. The number of ether oxygens (including phenoxy) is 3. The monoisotopic (exact) mass is 402 g/mol. The Kier molecular flexibility index (Phi) is 6.29. The third-order valence-corrected chi connectivity index (χ3v) is 5.04. The quantitative estimate of drug-likeness (QED) is 0.718. The van der Waals surface area contributed by atoms with Crippen LogP contribution in [0.15, 0.2) is 30.3 Å². The van der Waals surface area contributed by atoms with E-state index in [9.17, 15) is 9.50 Å². The molecule has 0 amide bonds. The first-order valence-corrected chi connectivity index (χ1v) is 9.48. The molecule has 8 heteroatoms. The first-order valence-electron chi connectivity index (χ1n) is 9.48. The molecule has 0 unspecified atom stereocenters. The van der Waals surface area contributed by atoms with Crippen molar-refractivity contribution in [2.24, 2.45) is 0 Å². The number of aryl methyl sites for hydroxylation is 1. The van der Waals surface area contributed by atoms with Gasteiger partial charge < -0.3 is 24.0 Å². The summed E-state index contributed by atoms with van der Waals surface area (Å²) >= 11 is 0. The third-order valence-electron chi connectivity index (χ3n) is 5.04. The van der Waals surface area contributed by atoms with Crippen molar-refractivity contribution in [3.05, 3.63) is 47.4 Å². The van der Waals surface area contributed by atoms with Crippen LogP contribution in [0, 0.1) is 12.7 Å². The van der Waals surface area contributed by atoms with E-state index in [2.05, 4.69) is 4.98 Å². The van der Waals surface area contributed by atoms with Crippen LogP contribution in [0.1, 0.15) is 45.2 Å². The number of aliphatic hydroxyl groups is 1. The highest BCUT2D eigenvalue weighted by Gasteiger charge is 2.36.